The standard InChI is InChI=1S/C20H20BrN3O2/c1-3-9-26-17-8-7-12(21)10-13(17)18-14(11-22)20(23)24(2)15-5-4-6-16(25)19(15)18/h3,7-8,10,18H,1,4-6,9,23H2,2H3/t18-/m1/s1. The molecule has 1 aromatic rings. The number of carbonyl (C=O) groups is 1. The number of carbonyl (C=O) groups excluding carboxylic acids is 1. The largest absolute Gasteiger partial charge is 0.489 e. The van der Waals surface area contributed by atoms with E-state index < -0.39 is 5.92 Å². The third-order valence-corrected chi connectivity index (χ3v) is 5.30. The van der Waals surface area contributed by atoms with E-state index in [9.17, 15) is 10.1 Å². The zero-order chi connectivity index (χ0) is 18.8. The highest BCUT2D eigenvalue weighted by atomic mass is 79.9. The molecule has 1 atom stereocenters. The number of halogens is 1. The number of nitrogens with two attached hydrogens (primary N) is 1. The number of allylic oxidation sites excluding steroid dienone is 3. The van der Waals surface area contributed by atoms with Gasteiger partial charge in [-0.15, -0.1) is 0 Å². The molecule has 0 saturated carbocycles. The highest BCUT2D eigenvalue weighted by molar-refractivity contribution is 9.10. The second-order valence-electron chi connectivity index (χ2n) is 6.32. The van der Waals surface area contributed by atoms with E-state index in [4.69, 9.17) is 10.5 Å². The highest BCUT2D eigenvalue weighted by Gasteiger charge is 2.39. The van der Waals surface area contributed by atoms with Crippen molar-refractivity contribution in [2.24, 2.45) is 5.73 Å². The Balaban J connectivity index is 2.25. The van der Waals surface area contributed by atoms with Crippen LogP contribution in [0.1, 0.15) is 30.7 Å². The van der Waals surface area contributed by atoms with Gasteiger partial charge in [0.1, 0.15) is 18.2 Å². The Morgan fingerprint density at radius 2 is 2.27 bits per heavy atom. The molecule has 26 heavy (non-hydrogen) atoms. The second kappa shape index (κ2) is 7.38. The highest BCUT2D eigenvalue weighted by Crippen LogP contribution is 2.47. The zero-order valence-electron chi connectivity index (χ0n) is 14.6. The normalized spacial score (nSPS) is 20.0. The lowest BCUT2D eigenvalue weighted by atomic mass is 9.75. The van der Waals surface area contributed by atoms with E-state index in [1.54, 1.807) is 11.0 Å². The van der Waals surface area contributed by atoms with Gasteiger partial charge in [-0.1, -0.05) is 28.6 Å². The number of benzene rings is 1. The Kier molecular flexibility index (Phi) is 5.19. The average Bonchev–Trinajstić information content (AvgIpc) is 2.63. The van der Waals surface area contributed by atoms with E-state index in [0.717, 1.165) is 28.6 Å². The summed E-state index contributed by atoms with van der Waals surface area (Å²) in [5.74, 6) is 0.559. The maximum Gasteiger partial charge on any atom is 0.161 e. The van der Waals surface area contributed by atoms with Gasteiger partial charge in [0.15, 0.2) is 5.78 Å². The van der Waals surface area contributed by atoms with Gasteiger partial charge in [-0.25, -0.2) is 0 Å². The van der Waals surface area contributed by atoms with Crippen LogP contribution in [0.4, 0.5) is 0 Å². The number of nitriles is 1. The minimum absolute atomic E-state index is 0.0676. The van der Waals surface area contributed by atoms with Gasteiger partial charge in [-0.2, -0.15) is 5.26 Å². The summed E-state index contributed by atoms with van der Waals surface area (Å²) in [5, 5.41) is 9.81. The van der Waals surface area contributed by atoms with Crippen LogP contribution in [0.3, 0.4) is 0 Å². The summed E-state index contributed by atoms with van der Waals surface area (Å²) in [4.78, 5) is 14.6. The first-order valence-electron chi connectivity index (χ1n) is 8.42. The van der Waals surface area contributed by atoms with Gasteiger partial charge in [0, 0.05) is 34.8 Å². The number of hydrogen-bond acceptors (Lipinski definition) is 5. The number of hydrogen-bond donors (Lipinski definition) is 1. The first-order chi connectivity index (χ1) is 12.5. The quantitative estimate of drug-likeness (QED) is 0.760. The monoisotopic (exact) mass is 413 g/mol. The molecule has 0 bridgehead atoms. The van der Waals surface area contributed by atoms with Crippen molar-refractivity contribution in [2.45, 2.75) is 25.2 Å². The molecule has 1 aromatic carbocycles. The van der Waals surface area contributed by atoms with Crippen LogP contribution in [0.25, 0.3) is 0 Å². The molecule has 0 aromatic heterocycles. The first-order valence-corrected chi connectivity index (χ1v) is 9.21. The molecule has 2 aliphatic rings. The van der Waals surface area contributed by atoms with E-state index in [1.165, 1.54) is 0 Å². The van der Waals surface area contributed by atoms with Crippen molar-refractivity contribution in [1.82, 2.24) is 4.90 Å². The van der Waals surface area contributed by atoms with Gasteiger partial charge in [0.2, 0.25) is 0 Å². The predicted octanol–water partition coefficient (Wildman–Crippen LogP) is 3.74. The van der Waals surface area contributed by atoms with Gasteiger partial charge in [-0.3, -0.25) is 4.79 Å². The van der Waals surface area contributed by atoms with Crippen LogP contribution in [-0.2, 0) is 4.79 Å². The molecule has 0 spiro atoms. The van der Waals surface area contributed by atoms with E-state index >= 15 is 0 Å². The second-order valence-corrected chi connectivity index (χ2v) is 7.24. The number of ketones is 1. The lowest BCUT2D eigenvalue weighted by molar-refractivity contribution is -0.116. The predicted molar refractivity (Wildman–Crippen MR) is 103 cm³/mol. The van der Waals surface area contributed by atoms with Crippen molar-refractivity contribution in [2.75, 3.05) is 13.7 Å². The van der Waals surface area contributed by atoms with Crippen molar-refractivity contribution in [1.29, 1.82) is 5.26 Å². The maximum absolute atomic E-state index is 12.8. The summed E-state index contributed by atoms with van der Waals surface area (Å²) in [6, 6.07) is 7.82. The van der Waals surface area contributed by atoms with Crippen molar-refractivity contribution >= 4 is 21.7 Å². The van der Waals surface area contributed by atoms with Gasteiger partial charge in [0.05, 0.1) is 17.6 Å². The van der Waals surface area contributed by atoms with Gasteiger partial charge < -0.3 is 15.4 Å². The summed E-state index contributed by atoms with van der Waals surface area (Å²) in [7, 11) is 1.81. The molecule has 0 saturated heterocycles. The van der Waals surface area contributed by atoms with Crippen LogP contribution in [0.2, 0.25) is 0 Å². The van der Waals surface area contributed by atoms with E-state index in [1.807, 2.05) is 25.2 Å². The summed E-state index contributed by atoms with van der Waals surface area (Å²) < 4.78 is 6.65. The fourth-order valence-corrected chi connectivity index (χ4v) is 3.98. The molecule has 3 rings (SSSR count). The third kappa shape index (κ3) is 3.04. The number of nitrogens with zero attached hydrogens (tertiary/aromatic N) is 2. The fourth-order valence-electron chi connectivity index (χ4n) is 3.60. The molecule has 0 amide bonds. The van der Waals surface area contributed by atoms with Crippen molar-refractivity contribution in [3.63, 3.8) is 0 Å². The Hall–Kier alpha value is -2.52. The summed E-state index contributed by atoms with van der Waals surface area (Å²) in [5.41, 5.74) is 8.97. The van der Waals surface area contributed by atoms with Crippen LogP contribution in [0.15, 0.2) is 58.0 Å². The minimum atomic E-state index is -0.517. The van der Waals surface area contributed by atoms with E-state index in [-0.39, 0.29) is 5.78 Å². The van der Waals surface area contributed by atoms with Crippen LogP contribution in [0.5, 0.6) is 5.75 Å². The van der Waals surface area contributed by atoms with Crippen molar-refractivity contribution in [3.8, 4) is 11.8 Å². The summed E-state index contributed by atoms with van der Waals surface area (Å²) in [6.07, 6.45) is 3.71. The Bertz CT molecular complexity index is 880. The van der Waals surface area contributed by atoms with Crippen LogP contribution >= 0.6 is 15.9 Å². The topological polar surface area (TPSA) is 79.3 Å². The molecule has 5 nitrogen and oxygen atoms in total. The molecular formula is C20H20BrN3O2. The number of ether oxygens (including phenoxy) is 1. The zero-order valence-corrected chi connectivity index (χ0v) is 16.2. The molecule has 1 heterocycles. The average molecular weight is 414 g/mol. The molecule has 0 radical (unpaired) electrons. The van der Waals surface area contributed by atoms with Crippen LogP contribution in [-0.4, -0.2) is 24.3 Å². The smallest absolute Gasteiger partial charge is 0.161 e. The molecule has 2 N–H and O–H groups in total. The van der Waals surface area contributed by atoms with Crippen molar-refractivity contribution in [3.05, 3.63) is 63.6 Å². The summed E-state index contributed by atoms with van der Waals surface area (Å²) in [6.45, 7) is 4.02. The molecule has 0 unspecified atom stereocenters. The third-order valence-electron chi connectivity index (χ3n) is 4.81. The lowest BCUT2D eigenvalue weighted by Gasteiger charge is -2.38. The van der Waals surface area contributed by atoms with Gasteiger partial charge >= 0.3 is 0 Å². The molecule has 6 heteroatoms. The number of rotatable bonds is 4. The first kappa shape index (κ1) is 18.3. The van der Waals surface area contributed by atoms with Crippen molar-refractivity contribution < 1.29 is 9.53 Å². The lowest BCUT2D eigenvalue weighted by Crippen LogP contribution is -2.36. The van der Waals surface area contributed by atoms with Crippen LogP contribution in [0, 0.1) is 11.3 Å². The molecule has 1 aliphatic heterocycles. The van der Waals surface area contributed by atoms with Gasteiger partial charge in [-0.05, 0) is 31.0 Å². The SMILES string of the molecule is C=CCOc1ccc(Br)cc1[C@@H]1C(C#N)=C(N)N(C)C2=C1C(=O)CCC2. The Morgan fingerprint density at radius 3 is 2.96 bits per heavy atom. The Labute approximate surface area is 161 Å². The minimum Gasteiger partial charge on any atom is -0.489 e. The molecule has 0 fully saturated rings. The van der Waals surface area contributed by atoms with E-state index in [0.29, 0.717) is 35.7 Å². The number of Topliss-reactive ketones (excluding diaryl/α,β-unsaturated/α-hetero) is 1. The van der Waals surface area contributed by atoms with Gasteiger partial charge in [0.25, 0.3) is 0 Å². The maximum atomic E-state index is 12.8. The van der Waals surface area contributed by atoms with Crippen LogP contribution < -0.4 is 10.5 Å². The molecule has 134 valence electrons. The Morgan fingerprint density at radius 1 is 1.50 bits per heavy atom. The fraction of sp³-hybridized carbons (Fsp3) is 0.300. The molecular weight excluding hydrogens is 394 g/mol. The molecule has 1 aliphatic carbocycles. The summed E-state index contributed by atoms with van der Waals surface area (Å²) >= 11 is 3.49. The van der Waals surface area contributed by atoms with E-state index in [2.05, 4.69) is 28.6 Å².